The van der Waals surface area contributed by atoms with E-state index in [0.717, 1.165) is 117 Å². The van der Waals surface area contributed by atoms with Crippen LogP contribution in [0.3, 0.4) is 0 Å². The molecule has 5 heterocycles. The molecule has 0 fully saturated rings. The number of benzene rings is 16. The van der Waals surface area contributed by atoms with E-state index in [2.05, 4.69) is 175 Å². The molecule has 0 aliphatic carbocycles. The first-order valence-corrected chi connectivity index (χ1v) is 48.2. The Bertz CT molecular complexity index is 7910. The van der Waals surface area contributed by atoms with Crippen LogP contribution < -0.4 is 25.4 Å². The second-order valence-electron chi connectivity index (χ2n) is 36.1. The first-order valence-electron chi connectivity index (χ1n) is 48.2. The third kappa shape index (κ3) is 23.0. The van der Waals surface area contributed by atoms with Crippen LogP contribution in [0.2, 0.25) is 0 Å². The van der Waals surface area contributed by atoms with Crippen molar-refractivity contribution in [2.24, 2.45) is 0 Å². The molecule has 21 rings (SSSR count). The quantitative estimate of drug-likeness (QED) is 0.0207. The Morgan fingerprint density at radius 2 is 0.706 bits per heavy atom. The van der Waals surface area contributed by atoms with Crippen LogP contribution in [0.5, 0.6) is 28.7 Å². The van der Waals surface area contributed by atoms with Crippen LogP contribution in [0.15, 0.2) is 419 Å². The molecule has 1 aliphatic heterocycles. The zero-order valence-electron chi connectivity index (χ0n) is 78.5. The number of Topliss-reactive ketones (excluding diaryl/α,β-unsaturated/α-hetero) is 3. The highest BCUT2D eigenvalue weighted by atomic mass is 16.7. The summed E-state index contributed by atoms with van der Waals surface area (Å²) in [6.07, 6.45) is 9.80. The van der Waals surface area contributed by atoms with Crippen molar-refractivity contribution >= 4 is 100 Å². The number of pyridine rings is 3. The van der Waals surface area contributed by atoms with Gasteiger partial charge in [-0.25, -0.2) is 0 Å². The van der Waals surface area contributed by atoms with Gasteiger partial charge in [0.05, 0.1) is 18.1 Å². The van der Waals surface area contributed by atoms with Gasteiger partial charge in [0.25, 0.3) is 17.7 Å². The molecule has 4 aromatic heterocycles. The van der Waals surface area contributed by atoms with Gasteiger partial charge in [-0.05, 0) is 247 Å². The first kappa shape index (κ1) is 94.2. The van der Waals surface area contributed by atoms with Crippen LogP contribution in [0, 0.1) is 0 Å². The number of aromatic nitrogens is 4. The topological polar surface area (TPSA) is 272 Å². The summed E-state index contributed by atoms with van der Waals surface area (Å²) in [7, 11) is 0. The normalized spacial score (nSPS) is 12.2. The van der Waals surface area contributed by atoms with E-state index in [-0.39, 0.29) is 77.4 Å². The van der Waals surface area contributed by atoms with Crippen molar-refractivity contribution in [3.63, 3.8) is 0 Å². The minimum absolute atomic E-state index is 0.00858. The molecule has 18 heteroatoms. The van der Waals surface area contributed by atoms with Crippen LogP contribution in [0.4, 0.5) is 0 Å². The molecule has 16 aromatic carbocycles. The predicted molar refractivity (Wildman–Crippen MR) is 566 cm³/mol. The molecule has 0 spiro atoms. The molecule has 3 amide bonds. The summed E-state index contributed by atoms with van der Waals surface area (Å²) in [5, 5.41) is 48.9. The zero-order valence-corrected chi connectivity index (χ0v) is 78.5. The molecule has 0 saturated carbocycles. The number of hydrogen-bond acceptors (Lipinski definition) is 14. The molecular weight excluding hydrogens is 1780 g/mol. The number of carbonyl (C=O) groups is 6. The highest BCUT2D eigenvalue weighted by molar-refractivity contribution is 6.03. The van der Waals surface area contributed by atoms with Gasteiger partial charge in [0.15, 0.2) is 28.8 Å². The van der Waals surface area contributed by atoms with E-state index in [4.69, 9.17) is 9.47 Å². The molecular formula is C125H103N7O11. The predicted octanol–water partition coefficient (Wildman–Crippen LogP) is 25.3. The van der Waals surface area contributed by atoms with Crippen molar-refractivity contribution in [3.8, 4) is 62.1 Å². The number of nitrogens with one attached hydrogen (secondary N) is 4. The number of ketones is 3. The number of nitrogens with zero attached hydrogens (tertiary/aromatic N) is 3. The van der Waals surface area contributed by atoms with Crippen molar-refractivity contribution < 1.29 is 53.6 Å². The highest BCUT2D eigenvalue weighted by Crippen LogP contribution is 2.39. The fourth-order valence-electron chi connectivity index (χ4n) is 19.2. The smallest absolute Gasteiger partial charge is 0.251 e. The molecule has 0 radical (unpaired) electrons. The lowest BCUT2D eigenvalue weighted by Gasteiger charge is -2.21. The summed E-state index contributed by atoms with van der Waals surface area (Å²) in [5.41, 5.74) is 17.0. The molecule has 0 bridgehead atoms. The molecule has 18 nitrogen and oxygen atoms in total. The Kier molecular flexibility index (Phi) is 29.2. The number of para-hydroxylation sites is 1. The summed E-state index contributed by atoms with van der Waals surface area (Å²) in [6, 6.07) is 127. The summed E-state index contributed by atoms with van der Waals surface area (Å²) in [5.74, 6) is 0.709. The van der Waals surface area contributed by atoms with Gasteiger partial charge in [-0.1, -0.05) is 285 Å². The van der Waals surface area contributed by atoms with Gasteiger partial charge >= 0.3 is 0 Å². The third-order valence-corrected chi connectivity index (χ3v) is 26.5. The standard InChI is InChI=1S/2C45H38N2O3.C35H27N3O5/c48-42(25-11-24-39(31-13-3-1-4-14-31)32-15-5-2-6-16-32)41(29-35-20-9-18-33-17-7-8-23-40(33)35)47-45(50)37-21-10-19-34(27-37)38-28-36-22-12-26-46-44(36)43(49)30-38;48-42(22-10-21-40(33-13-3-1-4-14-33)34-15-5-2-6-16-34)41(27-31-23-24-32-12-7-8-17-35(32)26-31)47-45(50)38-19-9-18-36(28-38)39-29-37-20-11-25-46-44(37)43(49)30-39;39-30(13-21-10-11-32-33(14-21)43-20-42-32)29(19-27-17-23-5-1-2-9-28(23)37-27)38-35(41)25-7-3-6-22(15-25)26-16-24-8-4-12-36-34(24)31(40)18-26/h1-10,12-23,26-28,30,39,41,49H,11,24-25,29H2,(H,47,50);1-9,11-20,23-26,28-30,40-41,49H,10,21-22,27H2,(H,47,50);1-12,14-18,29,37,40H,13,19-20H2,(H,38,41)/t2*41-;/m00./s1. The number of aromatic amines is 1. The second-order valence-corrected chi connectivity index (χ2v) is 36.1. The highest BCUT2D eigenvalue weighted by Gasteiger charge is 2.30. The molecule has 0 saturated heterocycles. The number of hydrogen-bond donors (Lipinski definition) is 7. The monoisotopic (exact) mass is 1880 g/mol. The summed E-state index contributed by atoms with van der Waals surface area (Å²) < 4.78 is 10.9. The fraction of sp³-hybridized carbons (Fsp3) is 0.128. The van der Waals surface area contributed by atoms with Crippen LogP contribution in [-0.4, -0.2) is 95.2 Å². The van der Waals surface area contributed by atoms with E-state index in [0.29, 0.717) is 89.7 Å². The molecule has 20 aromatic rings. The number of ether oxygens (including phenoxy) is 2. The van der Waals surface area contributed by atoms with Crippen molar-refractivity contribution in [2.45, 2.75) is 94.2 Å². The zero-order chi connectivity index (χ0) is 97.9. The van der Waals surface area contributed by atoms with Gasteiger partial charge in [0, 0.05) is 107 Å². The maximum atomic E-state index is 14.1. The Morgan fingerprint density at radius 1 is 0.308 bits per heavy atom. The van der Waals surface area contributed by atoms with Gasteiger partial charge in [-0.2, -0.15) is 0 Å². The van der Waals surface area contributed by atoms with Gasteiger partial charge in [-0.3, -0.25) is 43.7 Å². The lowest BCUT2D eigenvalue weighted by atomic mass is 9.86. The number of H-pyrrole nitrogens is 1. The number of carbonyl (C=O) groups excluding carboxylic acids is 6. The second kappa shape index (κ2) is 44.4. The number of amides is 3. The number of phenols is 3. The van der Waals surface area contributed by atoms with E-state index < -0.39 is 18.1 Å². The summed E-state index contributed by atoms with van der Waals surface area (Å²) in [4.78, 5) is 99.4. The number of aromatic hydroxyl groups is 3. The molecule has 1 aliphatic rings. The van der Waals surface area contributed by atoms with Crippen LogP contribution in [-0.2, 0) is 40.1 Å². The third-order valence-electron chi connectivity index (χ3n) is 26.5. The van der Waals surface area contributed by atoms with Crippen molar-refractivity contribution in [1.29, 1.82) is 0 Å². The fourth-order valence-corrected chi connectivity index (χ4v) is 19.2. The Labute approximate surface area is 827 Å². The van der Waals surface area contributed by atoms with E-state index >= 15 is 0 Å². The Balaban J connectivity index is 0.000000136. The van der Waals surface area contributed by atoms with E-state index in [9.17, 15) is 44.1 Å². The van der Waals surface area contributed by atoms with Gasteiger partial charge < -0.3 is 45.7 Å². The Morgan fingerprint density at radius 3 is 1.19 bits per heavy atom. The van der Waals surface area contributed by atoms with Crippen LogP contribution in [0.25, 0.3) is 98.5 Å². The molecule has 3 atom stereocenters. The number of fused-ring (bicyclic) bond motifs is 7. The first-order chi connectivity index (χ1) is 70.0. The van der Waals surface area contributed by atoms with Gasteiger partial charge in [0.2, 0.25) is 6.79 Å². The average Bonchev–Trinajstić information content (AvgIpc) is 1.64. The lowest BCUT2D eigenvalue weighted by Crippen LogP contribution is -2.43. The number of rotatable bonds is 32. The summed E-state index contributed by atoms with van der Waals surface area (Å²) in [6.45, 7) is 0.153. The van der Waals surface area contributed by atoms with E-state index in [1.165, 1.54) is 22.3 Å². The maximum absolute atomic E-state index is 14.1. The molecule has 704 valence electrons. The largest absolute Gasteiger partial charge is 0.506 e. The van der Waals surface area contributed by atoms with E-state index in [1.807, 2.05) is 188 Å². The Hall–Kier alpha value is -17.8. The molecule has 7 N–H and O–H groups in total. The molecule has 143 heavy (non-hydrogen) atoms. The van der Waals surface area contributed by atoms with Gasteiger partial charge in [0.1, 0.15) is 33.8 Å². The number of phenolic OH excluding ortho intramolecular Hbond substituents is 3. The van der Waals surface area contributed by atoms with Crippen LogP contribution >= 0.6 is 0 Å². The summed E-state index contributed by atoms with van der Waals surface area (Å²) >= 11 is 0. The maximum Gasteiger partial charge on any atom is 0.251 e. The van der Waals surface area contributed by atoms with Crippen LogP contribution in [0.1, 0.15) is 126 Å². The van der Waals surface area contributed by atoms with E-state index in [1.54, 1.807) is 91.4 Å². The van der Waals surface area contributed by atoms with Crippen molar-refractivity contribution in [1.82, 2.24) is 35.9 Å². The van der Waals surface area contributed by atoms with Crippen molar-refractivity contribution in [3.05, 3.63) is 480 Å². The minimum atomic E-state index is -0.787. The molecule has 1 unspecified atom stereocenters. The average molecular weight is 1880 g/mol. The van der Waals surface area contributed by atoms with Gasteiger partial charge in [-0.15, -0.1) is 0 Å². The minimum Gasteiger partial charge on any atom is -0.506 e. The van der Waals surface area contributed by atoms with Crippen molar-refractivity contribution in [2.75, 3.05) is 6.79 Å². The lowest BCUT2D eigenvalue weighted by molar-refractivity contribution is -0.121. The SMILES string of the molecule is O=C(NC(Cc1cc2ccccc2[nH]1)C(=O)Cc1ccc2c(c1)OCO2)c1cccc(-c2cc(O)c3ncccc3c2)c1.O=C(N[C@@H](Cc1ccc2ccccc2c1)C(=O)CCCC(c1ccccc1)c1ccccc1)c1cccc(-c2cc(O)c3ncccc3c2)c1.O=C(N[C@@H](Cc1cccc2ccccc12)C(=O)CCCC(c1ccccc1)c1ccccc1)c1cccc(-c2cc(O)c3ncccc3c2)c1.